The molecule has 0 aromatic carbocycles. The quantitative estimate of drug-likeness (QED) is 0.438. The fourth-order valence-electron chi connectivity index (χ4n) is 11.5. The fourth-order valence-corrected chi connectivity index (χ4v) is 11.5. The SMILES string of the molecule is C=C(C)[C@@H]1CCC2(C(=O)O)CC[C@]3(C)C(CCC4C5(C)CCC(N)C(C)(C)C5CCC43C)C12. The molecule has 0 heterocycles. The third kappa shape index (κ3) is 2.75. The van der Waals surface area contributed by atoms with Crippen LogP contribution in [0.2, 0.25) is 0 Å². The molecule has 0 aromatic rings. The van der Waals surface area contributed by atoms with Crippen molar-refractivity contribution in [3.63, 3.8) is 0 Å². The Morgan fingerprint density at radius 2 is 1.55 bits per heavy atom. The van der Waals surface area contributed by atoms with Crippen LogP contribution in [0.3, 0.4) is 0 Å². The van der Waals surface area contributed by atoms with E-state index in [-0.39, 0.29) is 22.2 Å². The molecule has 5 aliphatic rings. The van der Waals surface area contributed by atoms with Crippen LogP contribution in [0.1, 0.15) is 106 Å². The van der Waals surface area contributed by atoms with Gasteiger partial charge in [0, 0.05) is 6.04 Å². The summed E-state index contributed by atoms with van der Waals surface area (Å²) in [5, 5.41) is 10.5. The number of rotatable bonds is 2. The molecule has 5 fully saturated rings. The highest BCUT2D eigenvalue weighted by Gasteiger charge is 2.71. The molecule has 0 spiro atoms. The van der Waals surface area contributed by atoms with E-state index in [4.69, 9.17) is 5.73 Å². The second-order valence-electron chi connectivity index (χ2n) is 14.6. The summed E-state index contributed by atoms with van der Waals surface area (Å²) in [6.07, 6.45) is 11.3. The Labute approximate surface area is 202 Å². The van der Waals surface area contributed by atoms with Crippen molar-refractivity contribution in [1.29, 1.82) is 0 Å². The van der Waals surface area contributed by atoms with Gasteiger partial charge in [0.1, 0.15) is 0 Å². The van der Waals surface area contributed by atoms with Gasteiger partial charge in [-0.2, -0.15) is 0 Å². The van der Waals surface area contributed by atoms with Crippen molar-refractivity contribution in [3.8, 4) is 0 Å². The van der Waals surface area contributed by atoms with Gasteiger partial charge in [0.15, 0.2) is 0 Å². The van der Waals surface area contributed by atoms with E-state index in [0.717, 1.165) is 38.0 Å². The van der Waals surface area contributed by atoms with Gasteiger partial charge in [-0.05, 0) is 122 Å². The summed E-state index contributed by atoms with van der Waals surface area (Å²) in [4.78, 5) is 12.8. The zero-order valence-corrected chi connectivity index (χ0v) is 22.2. The normalized spacial score (nSPS) is 55.0. The molecule has 3 heteroatoms. The van der Waals surface area contributed by atoms with E-state index < -0.39 is 11.4 Å². The minimum Gasteiger partial charge on any atom is -0.481 e. The first-order valence-corrected chi connectivity index (χ1v) is 13.9. The maximum Gasteiger partial charge on any atom is 0.309 e. The average molecular weight is 456 g/mol. The number of carboxylic acids is 1. The number of hydrogen-bond acceptors (Lipinski definition) is 2. The molecule has 10 atom stereocenters. The van der Waals surface area contributed by atoms with E-state index in [1.165, 1.54) is 37.7 Å². The monoisotopic (exact) mass is 455 g/mol. The largest absolute Gasteiger partial charge is 0.481 e. The lowest BCUT2D eigenvalue weighted by molar-refractivity contribution is -0.239. The summed E-state index contributed by atoms with van der Waals surface area (Å²) < 4.78 is 0. The molecule has 0 amide bonds. The Morgan fingerprint density at radius 3 is 2.18 bits per heavy atom. The van der Waals surface area contributed by atoms with Crippen molar-refractivity contribution >= 4 is 5.97 Å². The maximum absolute atomic E-state index is 12.8. The zero-order chi connectivity index (χ0) is 24.2. The van der Waals surface area contributed by atoms with Crippen molar-refractivity contribution in [1.82, 2.24) is 0 Å². The Bertz CT molecular complexity index is 863. The summed E-state index contributed by atoms with van der Waals surface area (Å²) in [5.74, 6) is 2.05. The van der Waals surface area contributed by atoms with Crippen molar-refractivity contribution in [2.24, 2.45) is 62.4 Å². The lowest BCUT2D eigenvalue weighted by Crippen LogP contribution is -2.67. The average Bonchev–Trinajstić information content (AvgIpc) is 3.13. The molecule has 5 rings (SSSR count). The van der Waals surface area contributed by atoms with Gasteiger partial charge in [0.2, 0.25) is 0 Å². The van der Waals surface area contributed by atoms with E-state index in [2.05, 4.69) is 48.1 Å². The van der Waals surface area contributed by atoms with Gasteiger partial charge < -0.3 is 10.8 Å². The van der Waals surface area contributed by atoms with E-state index in [0.29, 0.717) is 29.2 Å². The molecule has 3 N–H and O–H groups in total. The highest BCUT2D eigenvalue weighted by Crippen LogP contribution is 2.77. The Hall–Kier alpha value is -0.830. The third-order valence-electron chi connectivity index (χ3n) is 13.6. The summed E-state index contributed by atoms with van der Waals surface area (Å²) in [6, 6.07) is 0.313. The topological polar surface area (TPSA) is 63.3 Å². The van der Waals surface area contributed by atoms with Crippen LogP contribution in [0.4, 0.5) is 0 Å². The van der Waals surface area contributed by atoms with Gasteiger partial charge in [-0.3, -0.25) is 4.79 Å². The second-order valence-corrected chi connectivity index (χ2v) is 14.6. The molecule has 8 unspecified atom stereocenters. The number of carbonyl (C=O) groups is 1. The van der Waals surface area contributed by atoms with Crippen molar-refractivity contribution in [2.45, 2.75) is 112 Å². The number of carboxylic acid groups (broad SMARTS) is 1. The number of allylic oxidation sites excluding steroid dienone is 1. The first-order valence-electron chi connectivity index (χ1n) is 13.9. The van der Waals surface area contributed by atoms with Crippen LogP contribution in [0, 0.1) is 56.7 Å². The van der Waals surface area contributed by atoms with Crippen LogP contribution in [0.25, 0.3) is 0 Å². The summed E-state index contributed by atoms with van der Waals surface area (Å²) in [7, 11) is 0. The molecule has 0 radical (unpaired) electrons. The molecule has 0 aromatic heterocycles. The van der Waals surface area contributed by atoms with Crippen LogP contribution < -0.4 is 5.73 Å². The first kappa shape index (κ1) is 23.9. The zero-order valence-electron chi connectivity index (χ0n) is 22.2. The van der Waals surface area contributed by atoms with Crippen LogP contribution >= 0.6 is 0 Å². The second kappa shape index (κ2) is 7.11. The molecule has 186 valence electrons. The molecule has 33 heavy (non-hydrogen) atoms. The Balaban J connectivity index is 1.57. The van der Waals surface area contributed by atoms with Gasteiger partial charge in [-0.25, -0.2) is 0 Å². The molecule has 0 bridgehead atoms. The molecule has 0 aliphatic heterocycles. The van der Waals surface area contributed by atoms with E-state index in [9.17, 15) is 9.90 Å². The molecule has 5 aliphatic carbocycles. The number of fused-ring (bicyclic) bond motifs is 7. The van der Waals surface area contributed by atoms with Gasteiger partial charge in [0.25, 0.3) is 0 Å². The van der Waals surface area contributed by atoms with Crippen LogP contribution in [0.15, 0.2) is 12.2 Å². The highest BCUT2D eigenvalue weighted by molar-refractivity contribution is 5.76. The predicted molar refractivity (Wildman–Crippen MR) is 135 cm³/mol. The van der Waals surface area contributed by atoms with E-state index >= 15 is 0 Å². The van der Waals surface area contributed by atoms with Gasteiger partial charge in [-0.1, -0.05) is 46.8 Å². The maximum atomic E-state index is 12.8. The fraction of sp³-hybridized carbons (Fsp3) is 0.900. The third-order valence-corrected chi connectivity index (χ3v) is 13.6. The number of aliphatic carboxylic acids is 1. The summed E-state index contributed by atoms with van der Waals surface area (Å²) in [5.41, 5.74) is 8.45. The lowest BCUT2D eigenvalue weighted by Gasteiger charge is -2.72. The summed E-state index contributed by atoms with van der Waals surface area (Å²) in [6.45, 7) is 19.2. The van der Waals surface area contributed by atoms with Crippen LogP contribution in [-0.4, -0.2) is 17.1 Å². The predicted octanol–water partition coefficient (Wildman–Crippen LogP) is 7.06. The van der Waals surface area contributed by atoms with Crippen molar-refractivity contribution in [3.05, 3.63) is 12.2 Å². The highest BCUT2D eigenvalue weighted by atomic mass is 16.4. The molecule has 5 saturated carbocycles. The minimum atomic E-state index is -0.524. The molecule has 0 saturated heterocycles. The van der Waals surface area contributed by atoms with Gasteiger partial charge >= 0.3 is 5.97 Å². The molecular formula is C30H49NO2. The van der Waals surface area contributed by atoms with E-state index in [1.54, 1.807) is 0 Å². The number of hydrogen-bond donors (Lipinski definition) is 2. The summed E-state index contributed by atoms with van der Waals surface area (Å²) >= 11 is 0. The van der Waals surface area contributed by atoms with Crippen molar-refractivity contribution < 1.29 is 9.90 Å². The smallest absolute Gasteiger partial charge is 0.309 e. The standard InChI is InChI=1S/C30H49NO2/c1-18(2)19-10-15-30(25(32)33)17-16-28(6)20(24(19)30)8-9-22-27(5)13-12-23(31)26(3,4)21(27)11-14-29(22,28)7/h19-24H,1,8-17,31H2,2-7H3,(H,32,33)/t19-,20?,21?,22?,23?,24?,27?,28+,29?,30?/m0/s1. The minimum absolute atomic E-state index is 0.202. The lowest BCUT2D eigenvalue weighted by atomic mass is 9.32. The molecular weight excluding hydrogens is 406 g/mol. The van der Waals surface area contributed by atoms with Crippen LogP contribution in [0.5, 0.6) is 0 Å². The van der Waals surface area contributed by atoms with E-state index in [1.807, 2.05) is 0 Å². The van der Waals surface area contributed by atoms with Gasteiger partial charge in [0.05, 0.1) is 5.41 Å². The Kier molecular flexibility index (Phi) is 5.15. The molecule has 3 nitrogen and oxygen atoms in total. The number of nitrogens with two attached hydrogens (primary N) is 1. The van der Waals surface area contributed by atoms with Crippen molar-refractivity contribution in [2.75, 3.05) is 0 Å². The van der Waals surface area contributed by atoms with Gasteiger partial charge in [-0.15, -0.1) is 0 Å². The van der Waals surface area contributed by atoms with Crippen LogP contribution in [-0.2, 0) is 4.79 Å². The first-order chi connectivity index (χ1) is 15.3. The Morgan fingerprint density at radius 1 is 0.848 bits per heavy atom.